The van der Waals surface area contributed by atoms with Crippen LogP contribution in [0.15, 0.2) is 43.0 Å². The van der Waals surface area contributed by atoms with Crippen molar-refractivity contribution in [3.63, 3.8) is 0 Å². The fourth-order valence-corrected chi connectivity index (χ4v) is 3.21. The van der Waals surface area contributed by atoms with Gasteiger partial charge in [-0.2, -0.15) is 8.78 Å². The van der Waals surface area contributed by atoms with Crippen LogP contribution in [0.1, 0.15) is 26.3 Å². The highest BCUT2D eigenvalue weighted by Crippen LogP contribution is 2.60. The standard InChI is InChI=1S/C14H20F2INOS/c1-5-12(18-20(17,19)13(2,3)4)14(15,16)11-9-7-6-8-10-11/h5-10,12,18-19H,1H2,2-4H3/t12-/m0/s1. The summed E-state index contributed by atoms with van der Waals surface area (Å²) in [7, 11) is -2.43. The summed E-state index contributed by atoms with van der Waals surface area (Å²) in [4.78, 5) is 0. The highest BCUT2D eigenvalue weighted by Gasteiger charge is 2.44. The minimum atomic E-state index is -3.14. The summed E-state index contributed by atoms with van der Waals surface area (Å²) in [6, 6.07) is 6.23. The Labute approximate surface area is 132 Å². The molecule has 1 aromatic rings. The Kier molecular flexibility index (Phi) is 5.62. The Morgan fingerprint density at radius 2 is 1.80 bits per heavy atom. The Hall–Kier alpha value is -0.180. The van der Waals surface area contributed by atoms with Crippen molar-refractivity contribution in [3.05, 3.63) is 48.6 Å². The van der Waals surface area contributed by atoms with Crippen molar-refractivity contribution >= 4 is 28.9 Å². The molecule has 0 fully saturated rings. The Balaban J connectivity index is 3.05. The predicted octanol–water partition coefficient (Wildman–Crippen LogP) is 5.26. The maximum atomic E-state index is 14.5. The topological polar surface area (TPSA) is 32.3 Å². The van der Waals surface area contributed by atoms with Crippen LogP contribution in [0, 0.1) is 0 Å². The monoisotopic (exact) mass is 415 g/mol. The quantitative estimate of drug-likeness (QED) is 0.508. The summed E-state index contributed by atoms with van der Waals surface area (Å²) in [5.41, 5.74) is -0.0992. The van der Waals surface area contributed by atoms with Gasteiger partial charge in [0.15, 0.2) is 0 Å². The normalized spacial score (nSPS) is 18.9. The van der Waals surface area contributed by atoms with Crippen LogP contribution >= 0.6 is 28.9 Å². The minimum Gasteiger partial charge on any atom is -0.328 e. The molecule has 20 heavy (non-hydrogen) atoms. The van der Waals surface area contributed by atoms with E-state index in [2.05, 4.69) is 11.3 Å². The van der Waals surface area contributed by atoms with E-state index in [-0.39, 0.29) is 5.56 Å². The number of hydrogen-bond acceptors (Lipinski definition) is 2. The van der Waals surface area contributed by atoms with Gasteiger partial charge in [-0.3, -0.25) is 0 Å². The molecule has 0 amide bonds. The molecular formula is C14H20F2INOS. The van der Waals surface area contributed by atoms with E-state index in [4.69, 9.17) is 0 Å². The molecule has 0 aliphatic rings. The number of benzene rings is 1. The second kappa shape index (κ2) is 6.29. The SMILES string of the molecule is C=C[C@H](NS(O)(I)C(C)(C)C)C(F)(F)c1ccccc1. The van der Waals surface area contributed by atoms with Crippen LogP contribution in [-0.4, -0.2) is 15.3 Å². The fourth-order valence-electron chi connectivity index (χ4n) is 1.46. The molecule has 0 bridgehead atoms. The second-order valence-corrected chi connectivity index (χ2v) is 11.7. The van der Waals surface area contributed by atoms with Crippen molar-refractivity contribution in [2.24, 2.45) is 0 Å². The lowest BCUT2D eigenvalue weighted by atomic mass is 10.0. The van der Waals surface area contributed by atoms with Gasteiger partial charge in [0.2, 0.25) is 0 Å². The molecule has 0 heterocycles. The van der Waals surface area contributed by atoms with Gasteiger partial charge in [-0.25, -0.2) is 4.72 Å². The molecule has 1 rings (SSSR count). The average molecular weight is 415 g/mol. The van der Waals surface area contributed by atoms with Crippen LogP contribution in [0.25, 0.3) is 0 Å². The Morgan fingerprint density at radius 3 is 2.20 bits per heavy atom. The van der Waals surface area contributed by atoms with Gasteiger partial charge in [-0.1, -0.05) is 36.4 Å². The van der Waals surface area contributed by atoms with E-state index < -0.39 is 24.4 Å². The van der Waals surface area contributed by atoms with Crippen LogP contribution < -0.4 is 4.72 Å². The predicted molar refractivity (Wildman–Crippen MR) is 91.4 cm³/mol. The molecule has 1 aromatic carbocycles. The van der Waals surface area contributed by atoms with E-state index in [9.17, 15) is 13.3 Å². The number of hydrogen-bond donors (Lipinski definition) is 2. The highest BCUT2D eigenvalue weighted by atomic mass is 127. The van der Waals surface area contributed by atoms with Crippen LogP contribution in [0.3, 0.4) is 0 Å². The molecule has 1 unspecified atom stereocenters. The number of halogens is 3. The van der Waals surface area contributed by atoms with E-state index in [1.165, 1.54) is 12.1 Å². The van der Waals surface area contributed by atoms with Crippen molar-refractivity contribution in [1.82, 2.24) is 4.72 Å². The molecule has 2 nitrogen and oxygen atoms in total. The first kappa shape index (κ1) is 17.9. The van der Waals surface area contributed by atoms with Gasteiger partial charge in [0, 0.05) is 31.5 Å². The first-order valence-electron chi connectivity index (χ1n) is 6.10. The molecular weight excluding hydrogens is 395 g/mol. The number of alkyl halides is 2. The third-order valence-corrected chi connectivity index (χ3v) is 9.80. The molecule has 0 aliphatic carbocycles. The summed E-state index contributed by atoms with van der Waals surface area (Å²) < 4.78 is 41.6. The van der Waals surface area contributed by atoms with E-state index >= 15 is 0 Å². The lowest BCUT2D eigenvalue weighted by molar-refractivity contribution is -0.0217. The first-order chi connectivity index (χ1) is 9.02. The largest absolute Gasteiger partial charge is 0.328 e. The smallest absolute Gasteiger partial charge is 0.292 e. The minimum absolute atomic E-state index is 0.0992. The zero-order valence-electron chi connectivity index (χ0n) is 11.7. The molecule has 2 atom stereocenters. The van der Waals surface area contributed by atoms with E-state index in [0.29, 0.717) is 0 Å². The van der Waals surface area contributed by atoms with E-state index in [1.807, 2.05) is 42.0 Å². The van der Waals surface area contributed by atoms with Crippen molar-refractivity contribution in [2.75, 3.05) is 0 Å². The molecule has 6 heteroatoms. The van der Waals surface area contributed by atoms with Crippen molar-refractivity contribution in [3.8, 4) is 0 Å². The molecule has 0 saturated heterocycles. The first-order valence-corrected chi connectivity index (χ1v) is 10.2. The third-order valence-electron chi connectivity index (χ3n) is 2.88. The molecule has 0 aliphatic heterocycles. The van der Waals surface area contributed by atoms with Crippen LogP contribution in [-0.2, 0) is 5.92 Å². The van der Waals surface area contributed by atoms with Crippen LogP contribution in [0.4, 0.5) is 8.78 Å². The summed E-state index contributed by atoms with van der Waals surface area (Å²) >= 11 is 1.83. The maximum Gasteiger partial charge on any atom is 0.292 e. The van der Waals surface area contributed by atoms with E-state index in [1.54, 1.807) is 18.2 Å². The zero-order chi connectivity index (χ0) is 15.6. The van der Waals surface area contributed by atoms with Gasteiger partial charge >= 0.3 is 0 Å². The van der Waals surface area contributed by atoms with Gasteiger partial charge < -0.3 is 4.55 Å². The maximum absolute atomic E-state index is 14.5. The summed E-state index contributed by atoms with van der Waals surface area (Å²) in [6.07, 6.45) is 1.15. The molecule has 114 valence electrons. The molecule has 0 saturated carbocycles. The van der Waals surface area contributed by atoms with Crippen LogP contribution in [0.5, 0.6) is 0 Å². The molecule has 0 radical (unpaired) electrons. The molecule has 2 N–H and O–H groups in total. The Morgan fingerprint density at radius 1 is 1.30 bits per heavy atom. The number of rotatable bonds is 5. The second-order valence-electron chi connectivity index (χ2n) is 5.44. The highest BCUT2D eigenvalue weighted by molar-refractivity contribution is 14.2. The van der Waals surface area contributed by atoms with Gasteiger partial charge in [-0.15, -0.1) is 6.58 Å². The molecule has 0 aromatic heterocycles. The summed E-state index contributed by atoms with van der Waals surface area (Å²) in [6.45, 7) is 8.90. The summed E-state index contributed by atoms with van der Waals surface area (Å²) in [5.74, 6) is -3.14. The van der Waals surface area contributed by atoms with Crippen molar-refractivity contribution in [2.45, 2.75) is 37.5 Å². The number of nitrogens with one attached hydrogen (secondary N) is 1. The van der Waals surface area contributed by atoms with Gasteiger partial charge in [0.1, 0.15) is 6.04 Å². The molecule has 0 spiro atoms. The lowest BCUT2D eigenvalue weighted by Crippen LogP contribution is -2.45. The lowest BCUT2D eigenvalue weighted by Gasteiger charge is -2.43. The van der Waals surface area contributed by atoms with Crippen molar-refractivity contribution < 1.29 is 13.3 Å². The average Bonchev–Trinajstić information content (AvgIpc) is 2.35. The van der Waals surface area contributed by atoms with Gasteiger partial charge in [0.05, 0.1) is 0 Å². The van der Waals surface area contributed by atoms with Gasteiger partial charge in [-0.05, 0) is 28.4 Å². The Bertz CT molecular complexity index is 460. The van der Waals surface area contributed by atoms with Crippen molar-refractivity contribution in [1.29, 1.82) is 0 Å². The summed E-state index contributed by atoms with van der Waals surface area (Å²) in [5, 5.41) is 0. The fraction of sp³-hybridized carbons (Fsp3) is 0.429. The third kappa shape index (κ3) is 3.93. The van der Waals surface area contributed by atoms with E-state index in [0.717, 1.165) is 6.08 Å². The van der Waals surface area contributed by atoms with Crippen LogP contribution in [0.2, 0.25) is 0 Å². The van der Waals surface area contributed by atoms with Gasteiger partial charge in [0.25, 0.3) is 5.92 Å². The zero-order valence-corrected chi connectivity index (χ0v) is 14.7.